The van der Waals surface area contributed by atoms with Gasteiger partial charge >= 0.3 is 0 Å². The highest BCUT2D eigenvalue weighted by atomic mass is 16.5. The normalized spacial score (nSPS) is 13.8. The van der Waals surface area contributed by atoms with Gasteiger partial charge in [-0.2, -0.15) is 10.4 Å². The fraction of sp³-hybridized carbons (Fsp3) is 0.167. The molecule has 0 N–H and O–H groups in total. The number of nitrogens with zero attached hydrogens (tertiary/aromatic N) is 5. The average Bonchev–Trinajstić information content (AvgIpc) is 3.40. The SMILES string of the molecule is COc1ccccc1N1CCN(C(=O)/C(C#N)=C\c2cn(-c3ccccc3)nc2-c2ccccc2)CC1. The lowest BCUT2D eigenvalue weighted by Gasteiger charge is -2.36. The number of piperazine rings is 1. The van der Waals surface area contributed by atoms with E-state index in [1.165, 1.54) is 0 Å². The first-order valence-electron chi connectivity index (χ1n) is 12.2. The van der Waals surface area contributed by atoms with Gasteiger partial charge in [0.15, 0.2) is 0 Å². The summed E-state index contributed by atoms with van der Waals surface area (Å²) in [7, 11) is 1.66. The number of methoxy groups -OCH3 is 1. The lowest BCUT2D eigenvalue weighted by atomic mass is 10.1. The van der Waals surface area contributed by atoms with Crippen LogP contribution in [0.5, 0.6) is 5.75 Å². The van der Waals surface area contributed by atoms with E-state index in [0.717, 1.165) is 22.7 Å². The molecule has 1 aliphatic heterocycles. The number of rotatable bonds is 6. The van der Waals surface area contributed by atoms with Gasteiger partial charge < -0.3 is 14.5 Å². The summed E-state index contributed by atoms with van der Waals surface area (Å²) >= 11 is 0. The molecule has 4 aromatic rings. The van der Waals surface area contributed by atoms with E-state index in [9.17, 15) is 10.1 Å². The number of ether oxygens (including phenoxy) is 1. The van der Waals surface area contributed by atoms with Crippen LogP contribution in [0.1, 0.15) is 5.56 Å². The van der Waals surface area contributed by atoms with Crippen molar-refractivity contribution in [3.63, 3.8) is 0 Å². The number of carbonyl (C=O) groups is 1. The van der Waals surface area contributed by atoms with E-state index in [0.29, 0.717) is 37.4 Å². The Kier molecular flexibility index (Phi) is 7.00. The van der Waals surface area contributed by atoms with Crippen LogP contribution in [0.4, 0.5) is 5.69 Å². The van der Waals surface area contributed by atoms with E-state index in [1.54, 1.807) is 22.8 Å². The zero-order valence-electron chi connectivity index (χ0n) is 20.6. The molecule has 0 aliphatic carbocycles. The average molecular weight is 490 g/mol. The molecule has 0 radical (unpaired) electrons. The van der Waals surface area contributed by atoms with Gasteiger partial charge in [-0.1, -0.05) is 60.7 Å². The quantitative estimate of drug-likeness (QED) is 0.287. The van der Waals surface area contributed by atoms with E-state index < -0.39 is 0 Å². The molecule has 7 nitrogen and oxygen atoms in total. The second kappa shape index (κ2) is 10.8. The van der Waals surface area contributed by atoms with Crippen LogP contribution in [0.3, 0.4) is 0 Å². The van der Waals surface area contributed by atoms with Crippen molar-refractivity contribution in [1.82, 2.24) is 14.7 Å². The minimum Gasteiger partial charge on any atom is -0.495 e. The maximum absolute atomic E-state index is 13.4. The first-order valence-corrected chi connectivity index (χ1v) is 12.2. The van der Waals surface area contributed by atoms with Gasteiger partial charge in [0.05, 0.1) is 24.2 Å². The second-order valence-corrected chi connectivity index (χ2v) is 8.70. The van der Waals surface area contributed by atoms with Gasteiger partial charge in [0.1, 0.15) is 17.4 Å². The molecule has 37 heavy (non-hydrogen) atoms. The molecule has 2 heterocycles. The third-order valence-electron chi connectivity index (χ3n) is 6.45. The number of para-hydroxylation sites is 3. The Morgan fingerprint density at radius 2 is 1.57 bits per heavy atom. The number of amides is 1. The molecule has 1 aliphatic rings. The van der Waals surface area contributed by atoms with Crippen molar-refractivity contribution in [2.75, 3.05) is 38.2 Å². The predicted octanol–water partition coefficient (Wildman–Crippen LogP) is 4.80. The lowest BCUT2D eigenvalue weighted by Crippen LogP contribution is -2.49. The van der Waals surface area contributed by atoms with Crippen molar-refractivity contribution in [3.05, 3.63) is 102 Å². The smallest absolute Gasteiger partial charge is 0.264 e. The van der Waals surface area contributed by atoms with Crippen LogP contribution in [-0.4, -0.2) is 53.9 Å². The second-order valence-electron chi connectivity index (χ2n) is 8.70. The molecule has 0 spiro atoms. The highest BCUT2D eigenvalue weighted by molar-refractivity contribution is 6.02. The summed E-state index contributed by atoms with van der Waals surface area (Å²) in [5, 5.41) is 14.7. The largest absolute Gasteiger partial charge is 0.495 e. The van der Waals surface area contributed by atoms with Crippen LogP contribution in [0.2, 0.25) is 0 Å². The Labute approximate surface area is 216 Å². The molecule has 0 bridgehead atoms. The molecule has 3 aromatic carbocycles. The van der Waals surface area contributed by atoms with Gasteiger partial charge in [-0.15, -0.1) is 0 Å². The topological polar surface area (TPSA) is 74.4 Å². The minimum absolute atomic E-state index is 0.0931. The van der Waals surface area contributed by atoms with E-state index in [4.69, 9.17) is 9.84 Å². The molecule has 1 aromatic heterocycles. The Bertz CT molecular complexity index is 1450. The van der Waals surface area contributed by atoms with Crippen molar-refractivity contribution in [1.29, 1.82) is 5.26 Å². The molecule has 7 heteroatoms. The number of hydrogen-bond acceptors (Lipinski definition) is 5. The molecule has 0 atom stereocenters. The Balaban J connectivity index is 1.40. The third kappa shape index (κ3) is 5.09. The first-order chi connectivity index (χ1) is 18.2. The van der Waals surface area contributed by atoms with E-state index in [1.807, 2.05) is 91.1 Å². The van der Waals surface area contributed by atoms with Gasteiger partial charge in [-0.3, -0.25) is 4.79 Å². The van der Waals surface area contributed by atoms with Gasteiger partial charge in [-0.05, 0) is 30.3 Å². The molecule has 184 valence electrons. The van der Waals surface area contributed by atoms with E-state index in [2.05, 4.69) is 11.0 Å². The number of anilines is 1. The Hall–Kier alpha value is -4.83. The molecule has 1 saturated heterocycles. The highest BCUT2D eigenvalue weighted by Gasteiger charge is 2.25. The summed E-state index contributed by atoms with van der Waals surface area (Å²) in [5.74, 6) is 0.539. The monoisotopic (exact) mass is 489 g/mol. The number of carbonyl (C=O) groups excluding carboxylic acids is 1. The van der Waals surface area contributed by atoms with Gasteiger partial charge in [0.2, 0.25) is 0 Å². The molecule has 5 rings (SSSR count). The molecular weight excluding hydrogens is 462 g/mol. The zero-order chi connectivity index (χ0) is 25.6. The molecular formula is C30H27N5O2. The molecule has 1 fully saturated rings. The number of nitriles is 1. The van der Waals surface area contributed by atoms with Crippen molar-refractivity contribution >= 4 is 17.7 Å². The van der Waals surface area contributed by atoms with Crippen molar-refractivity contribution < 1.29 is 9.53 Å². The number of aromatic nitrogens is 2. The molecule has 0 saturated carbocycles. The zero-order valence-corrected chi connectivity index (χ0v) is 20.6. The Morgan fingerprint density at radius 1 is 0.919 bits per heavy atom. The van der Waals surface area contributed by atoms with Crippen molar-refractivity contribution in [2.45, 2.75) is 0 Å². The van der Waals surface area contributed by atoms with Crippen molar-refractivity contribution in [2.24, 2.45) is 0 Å². The molecule has 0 unspecified atom stereocenters. The first kappa shape index (κ1) is 23.9. The van der Waals surface area contributed by atoms with Crippen LogP contribution >= 0.6 is 0 Å². The van der Waals surface area contributed by atoms with Crippen LogP contribution in [0, 0.1) is 11.3 Å². The van der Waals surface area contributed by atoms with Gasteiger partial charge in [-0.25, -0.2) is 4.68 Å². The standard InChI is InChI=1S/C30H27N5O2/c1-37-28-15-9-8-14-27(28)33-16-18-34(19-17-33)30(36)24(21-31)20-25-22-35(26-12-6-3-7-13-26)32-29(25)23-10-4-2-5-11-23/h2-15,20,22H,16-19H2,1H3/b24-20-. The maximum atomic E-state index is 13.4. The van der Waals surface area contributed by atoms with E-state index >= 15 is 0 Å². The summed E-state index contributed by atoms with van der Waals surface area (Å²) < 4.78 is 7.27. The summed E-state index contributed by atoms with van der Waals surface area (Å²) in [5.41, 5.74) is 4.35. The van der Waals surface area contributed by atoms with Crippen LogP contribution in [0.15, 0.2) is 96.7 Å². The highest BCUT2D eigenvalue weighted by Crippen LogP contribution is 2.29. The third-order valence-corrected chi connectivity index (χ3v) is 6.45. The summed E-state index contributed by atoms with van der Waals surface area (Å²) in [6, 6.07) is 29.6. The number of benzene rings is 3. The lowest BCUT2D eigenvalue weighted by molar-refractivity contribution is -0.126. The van der Waals surface area contributed by atoms with Crippen molar-refractivity contribution in [3.8, 4) is 28.8 Å². The van der Waals surface area contributed by atoms with Crippen LogP contribution in [-0.2, 0) is 4.79 Å². The summed E-state index contributed by atoms with van der Waals surface area (Å²) in [4.78, 5) is 17.3. The van der Waals surface area contributed by atoms with Crippen LogP contribution < -0.4 is 9.64 Å². The fourth-order valence-corrected chi connectivity index (χ4v) is 4.54. The predicted molar refractivity (Wildman–Crippen MR) is 144 cm³/mol. The summed E-state index contributed by atoms with van der Waals surface area (Å²) in [6.07, 6.45) is 3.52. The summed E-state index contributed by atoms with van der Waals surface area (Å²) in [6.45, 7) is 2.35. The van der Waals surface area contributed by atoms with Gasteiger partial charge in [0, 0.05) is 43.5 Å². The van der Waals surface area contributed by atoms with Gasteiger partial charge in [0.25, 0.3) is 5.91 Å². The fourth-order valence-electron chi connectivity index (χ4n) is 4.54. The number of hydrogen-bond donors (Lipinski definition) is 0. The minimum atomic E-state index is -0.270. The maximum Gasteiger partial charge on any atom is 0.264 e. The van der Waals surface area contributed by atoms with Crippen LogP contribution in [0.25, 0.3) is 23.0 Å². The van der Waals surface area contributed by atoms with E-state index in [-0.39, 0.29) is 11.5 Å². The molecule has 1 amide bonds. The Morgan fingerprint density at radius 3 is 2.24 bits per heavy atom.